The molecule has 1 N–H and O–H groups in total. The number of nitrogens with one attached hydrogen (secondary N) is 1. The molecule has 1 heterocycles. The van der Waals surface area contributed by atoms with Crippen LogP contribution in [-0.2, 0) is 4.79 Å². The first-order valence-corrected chi connectivity index (χ1v) is 10.1. The fraction of sp³-hybridized carbons (Fsp3) is 0.286. The predicted molar refractivity (Wildman–Crippen MR) is 106 cm³/mol. The Morgan fingerprint density at radius 1 is 1.07 bits per heavy atom. The molecule has 2 aromatic carbocycles. The van der Waals surface area contributed by atoms with Gasteiger partial charge in [-0.2, -0.15) is 0 Å². The standard InChI is InChI=1S/C21H22N4OS/c1-15(16-8-4-2-5-9-16)25-14-22-24-21(25)27-19(17-10-6-3-7-11-17)20(26)23-18-12-13-18/h2-11,14-15,18-19H,12-13H2,1H3,(H,23,26)/t15-,19-/m0/s1. The molecule has 0 unspecified atom stereocenters. The fourth-order valence-electron chi connectivity index (χ4n) is 2.98. The summed E-state index contributed by atoms with van der Waals surface area (Å²) >= 11 is 1.45. The summed E-state index contributed by atoms with van der Waals surface area (Å²) in [5.41, 5.74) is 2.15. The van der Waals surface area contributed by atoms with Crippen molar-refractivity contribution in [3.05, 3.63) is 78.1 Å². The van der Waals surface area contributed by atoms with Crippen molar-refractivity contribution in [1.29, 1.82) is 0 Å². The second-order valence-corrected chi connectivity index (χ2v) is 7.87. The van der Waals surface area contributed by atoms with E-state index < -0.39 is 0 Å². The first-order chi connectivity index (χ1) is 13.2. The predicted octanol–water partition coefficient (Wildman–Crippen LogP) is 4.00. The summed E-state index contributed by atoms with van der Waals surface area (Å²) in [5.74, 6) is 0.0376. The van der Waals surface area contributed by atoms with E-state index in [1.165, 1.54) is 17.3 Å². The number of nitrogens with zero attached hydrogens (tertiary/aromatic N) is 3. The van der Waals surface area contributed by atoms with Gasteiger partial charge < -0.3 is 9.88 Å². The van der Waals surface area contributed by atoms with E-state index in [1.54, 1.807) is 6.33 Å². The van der Waals surface area contributed by atoms with Gasteiger partial charge >= 0.3 is 0 Å². The van der Waals surface area contributed by atoms with Crippen LogP contribution in [0.2, 0.25) is 0 Å². The highest BCUT2D eigenvalue weighted by molar-refractivity contribution is 8.00. The van der Waals surface area contributed by atoms with E-state index in [4.69, 9.17) is 0 Å². The second kappa shape index (κ2) is 7.96. The van der Waals surface area contributed by atoms with Crippen LogP contribution in [0.25, 0.3) is 0 Å². The largest absolute Gasteiger partial charge is 0.352 e. The van der Waals surface area contributed by atoms with E-state index in [9.17, 15) is 4.79 Å². The molecule has 6 heteroatoms. The molecule has 4 rings (SSSR count). The van der Waals surface area contributed by atoms with Crippen molar-refractivity contribution in [2.75, 3.05) is 0 Å². The third-order valence-electron chi connectivity index (χ3n) is 4.73. The molecule has 0 saturated heterocycles. The van der Waals surface area contributed by atoms with E-state index in [0.717, 1.165) is 23.6 Å². The second-order valence-electron chi connectivity index (χ2n) is 6.80. The Bertz CT molecular complexity index is 893. The molecular formula is C21H22N4OS. The topological polar surface area (TPSA) is 59.8 Å². The number of rotatable bonds is 7. The Kier molecular flexibility index (Phi) is 5.25. The maximum atomic E-state index is 12.9. The molecule has 138 valence electrons. The summed E-state index contributed by atoms with van der Waals surface area (Å²) < 4.78 is 2.03. The molecular weight excluding hydrogens is 356 g/mol. The molecule has 0 radical (unpaired) electrons. The highest BCUT2D eigenvalue weighted by Crippen LogP contribution is 2.36. The van der Waals surface area contributed by atoms with E-state index >= 15 is 0 Å². The van der Waals surface area contributed by atoms with Gasteiger partial charge in [0.1, 0.15) is 11.6 Å². The molecule has 1 fully saturated rings. The third-order valence-corrected chi connectivity index (χ3v) is 5.95. The normalized spacial score (nSPS) is 15.9. The quantitative estimate of drug-likeness (QED) is 0.631. The lowest BCUT2D eigenvalue weighted by atomic mass is 10.1. The lowest BCUT2D eigenvalue weighted by Gasteiger charge is -2.19. The van der Waals surface area contributed by atoms with E-state index in [2.05, 4.69) is 34.6 Å². The zero-order valence-electron chi connectivity index (χ0n) is 15.2. The SMILES string of the molecule is C[C@@H](c1ccccc1)n1cnnc1S[C@H](C(=O)NC1CC1)c1ccccc1. The number of hydrogen-bond donors (Lipinski definition) is 1. The van der Waals surface area contributed by atoms with Crippen molar-refractivity contribution in [1.82, 2.24) is 20.1 Å². The maximum absolute atomic E-state index is 12.9. The number of aromatic nitrogens is 3. The molecule has 1 aromatic heterocycles. The van der Waals surface area contributed by atoms with Crippen LogP contribution in [0.3, 0.4) is 0 Å². The van der Waals surface area contributed by atoms with E-state index in [-0.39, 0.29) is 17.2 Å². The van der Waals surface area contributed by atoms with Gasteiger partial charge in [0, 0.05) is 6.04 Å². The number of thioether (sulfide) groups is 1. The molecule has 0 spiro atoms. The van der Waals surface area contributed by atoms with Crippen molar-refractivity contribution in [2.45, 2.75) is 42.3 Å². The lowest BCUT2D eigenvalue weighted by molar-refractivity contribution is -0.120. The number of carbonyl (C=O) groups is 1. The van der Waals surface area contributed by atoms with Crippen molar-refractivity contribution >= 4 is 17.7 Å². The smallest absolute Gasteiger partial charge is 0.238 e. The summed E-state index contributed by atoms with van der Waals surface area (Å²) in [6, 6.07) is 20.5. The number of carbonyl (C=O) groups excluding carboxylic acids is 1. The van der Waals surface area contributed by atoms with Gasteiger partial charge in [-0.25, -0.2) is 0 Å². The van der Waals surface area contributed by atoms with Crippen molar-refractivity contribution in [3.8, 4) is 0 Å². The minimum absolute atomic E-state index is 0.0376. The van der Waals surface area contributed by atoms with Crippen LogP contribution < -0.4 is 5.32 Å². The zero-order valence-corrected chi connectivity index (χ0v) is 16.0. The van der Waals surface area contributed by atoms with Gasteiger partial charge in [0.15, 0.2) is 5.16 Å². The number of benzene rings is 2. The van der Waals surface area contributed by atoms with Gasteiger partial charge in [-0.1, -0.05) is 72.4 Å². The van der Waals surface area contributed by atoms with Gasteiger partial charge in [0.2, 0.25) is 5.91 Å². The lowest BCUT2D eigenvalue weighted by Crippen LogP contribution is -2.30. The van der Waals surface area contributed by atoms with Crippen molar-refractivity contribution in [2.24, 2.45) is 0 Å². The molecule has 1 saturated carbocycles. The molecule has 1 aliphatic rings. The Hall–Kier alpha value is -2.60. The van der Waals surface area contributed by atoms with Gasteiger partial charge in [0.25, 0.3) is 0 Å². The first-order valence-electron chi connectivity index (χ1n) is 9.19. The molecule has 0 aliphatic heterocycles. The Labute approximate surface area is 163 Å². The summed E-state index contributed by atoms with van der Waals surface area (Å²) in [7, 11) is 0. The number of amides is 1. The Morgan fingerprint density at radius 2 is 1.70 bits per heavy atom. The Morgan fingerprint density at radius 3 is 2.33 bits per heavy atom. The van der Waals surface area contributed by atoms with E-state index in [1.807, 2.05) is 53.1 Å². The summed E-state index contributed by atoms with van der Waals surface area (Å²) in [6.07, 6.45) is 3.87. The van der Waals surface area contributed by atoms with Gasteiger partial charge in [0.05, 0.1) is 6.04 Å². The third kappa shape index (κ3) is 4.22. The Balaban J connectivity index is 1.60. The highest BCUT2D eigenvalue weighted by Gasteiger charge is 2.30. The zero-order chi connectivity index (χ0) is 18.6. The molecule has 1 aliphatic carbocycles. The molecule has 2 atom stereocenters. The van der Waals surface area contributed by atoms with Gasteiger partial charge in [-0.15, -0.1) is 10.2 Å². The minimum Gasteiger partial charge on any atom is -0.352 e. The molecule has 0 bridgehead atoms. The summed E-state index contributed by atoms with van der Waals surface area (Å²) in [4.78, 5) is 12.9. The molecule has 1 amide bonds. The summed E-state index contributed by atoms with van der Waals surface area (Å²) in [6.45, 7) is 2.12. The van der Waals surface area contributed by atoms with Gasteiger partial charge in [-0.3, -0.25) is 4.79 Å². The van der Waals surface area contributed by atoms with Gasteiger partial charge in [-0.05, 0) is 30.9 Å². The molecule has 27 heavy (non-hydrogen) atoms. The number of hydrogen-bond acceptors (Lipinski definition) is 4. The maximum Gasteiger partial charge on any atom is 0.238 e. The summed E-state index contributed by atoms with van der Waals surface area (Å²) in [5, 5.41) is 11.9. The van der Waals surface area contributed by atoms with Crippen LogP contribution in [0.15, 0.2) is 72.1 Å². The fourth-order valence-corrected chi connectivity index (χ4v) is 4.09. The highest BCUT2D eigenvalue weighted by atomic mass is 32.2. The van der Waals surface area contributed by atoms with Crippen LogP contribution in [-0.4, -0.2) is 26.7 Å². The van der Waals surface area contributed by atoms with Crippen LogP contribution in [0.4, 0.5) is 0 Å². The average molecular weight is 379 g/mol. The monoisotopic (exact) mass is 378 g/mol. The van der Waals surface area contributed by atoms with Crippen molar-refractivity contribution < 1.29 is 4.79 Å². The molecule has 5 nitrogen and oxygen atoms in total. The van der Waals surface area contributed by atoms with Crippen LogP contribution in [0.1, 0.15) is 42.2 Å². The van der Waals surface area contributed by atoms with Crippen LogP contribution in [0, 0.1) is 0 Å². The first kappa shape index (κ1) is 17.8. The van der Waals surface area contributed by atoms with Crippen LogP contribution >= 0.6 is 11.8 Å². The molecule has 3 aromatic rings. The minimum atomic E-state index is -0.349. The van der Waals surface area contributed by atoms with Crippen molar-refractivity contribution in [3.63, 3.8) is 0 Å². The average Bonchev–Trinajstić information content (AvgIpc) is 3.40. The van der Waals surface area contributed by atoms with Crippen LogP contribution in [0.5, 0.6) is 0 Å². The van der Waals surface area contributed by atoms with E-state index in [0.29, 0.717) is 6.04 Å².